The predicted octanol–water partition coefficient (Wildman–Crippen LogP) is 4.83. The molecular formula is C24H20BrFO6S2. The lowest BCUT2D eigenvalue weighted by molar-refractivity contribution is -0.136. The highest BCUT2D eigenvalue weighted by atomic mass is 79.9. The van der Waals surface area contributed by atoms with Crippen LogP contribution in [-0.2, 0) is 29.2 Å². The average Bonchev–Trinajstić information content (AvgIpc) is 2.85. The van der Waals surface area contributed by atoms with Gasteiger partial charge in [-0.3, -0.25) is 0 Å². The van der Waals surface area contributed by atoms with Crippen LogP contribution in [-0.4, -0.2) is 34.2 Å². The zero-order valence-corrected chi connectivity index (χ0v) is 21.1. The minimum Gasteiger partial charge on any atom is -0.466 e. The van der Waals surface area contributed by atoms with Crippen molar-refractivity contribution in [2.24, 2.45) is 0 Å². The minimum atomic E-state index is -5.30. The monoisotopic (exact) mass is 566 g/mol. The van der Waals surface area contributed by atoms with Crippen LogP contribution < -0.4 is 0 Å². The van der Waals surface area contributed by atoms with Crippen molar-refractivity contribution >= 4 is 41.6 Å². The van der Waals surface area contributed by atoms with Crippen molar-refractivity contribution in [1.82, 2.24) is 0 Å². The molecule has 0 aliphatic heterocycles. The molecule has 0 heterocycles. The lowest BCUT2D eigenvalue weighted by Crippen LogP contribution is -2.49. The quantitative estimate of drug-likeness (QED) is 0.286. The van der Waals surface area contributed by atoms with Crippen LogP contribution in [0, 0.1) is 0 Å². The molecule has 178 valence electrons. The number of benzene rings is 3. The van der Waals surface area contributed by atoms with Gasteiger partial charge >= 0.3 is 10.3 Å². The second-order valence-electron chi connectivity index (χ2n) is 7.19. The van der Waals surface area contributed by atoms with Crippen LogP contribution in [0.1, 0.15) is 11.5 Å². The number of halogens is 2. The fourth-order valence-corrected chi connectivity index (χ4v) is 8.59. The summed E-state index contributed by atoms with van der Waals surface area (Å²) in [7, 11) is -9.60. The SMILES string of the molecule is C=C(C(=O)OC)[C@@H](c1ccccc1Br)C(F)(S(=O)(=O)c1ccccc1)S(=O)(=O)c1ccccc1. The van der Waals surface area contributed by atoms with Gasteiger partial charge in [0.2, 0.25) is 19.7 Å². The summed E-state index contributed by atoms with van der Waals surface area (Å²) in [5.41, 5.74) is -0.796. The van der Waals surface area contributed by atoms with Gasteiger partial charge in [0.1, 0.15) is 0 Å². The third kappa shape index (κ3) is 4.21. The number of hydrogen-bond donors (Lipinski definition) is 0. The first-order chi connectivity index (χ1) is 16.0. The first-order valence-corrected chi connectivity index (χ1v) is 13.6. The largest absolute Gasteiger partial charge is 0.466 e. The number of sulfone groups is 2. The Hall–Kier alpha value is -2.82. The van der Waals surface area contributed by atoms with Gasteiger partial charge in [0.15, 0.2) is 0 Å². The average molecular weight is 567 g/mol. The summed E-state index contributed by atoms with van der Waals surface area (Å²) in [5.74, 6) is -3.33. The summed E-state index contributed by atoms with van der Waals surface area (Å²) in [6.07, 6.45) is 0. The van der Waals surface area contributed by atoms with E-state index in [-0.39, 0.29) is 10.0 Å². The van der Waals surface area contributed by atoms with E-state index in [2.05, 4.69) is 27.2 Å². The van der Waals surface area contributed by atoms with E-state index in [4.69, 9.17) is 0 Å². The molecule has 0 aromatic heterocycles. The summed E-state index contributed by atoms with van der Waals surface area (Å²) in [5, 5.41) is 0. The second kappa shape index (κ2) is 9.81. The highest BCUT2D eigenvalue weighted by Crippen LogP contribution is 2.51. The van der Waals surface area contributed by atoms with Crippen LogP contribution >= 0.6 is 15.9 Å². The van der Waals surface area contributed by atoms with E-state index in [1.54, 1.807) is 6.07 Å². The van der Waals surface area contributed by atoms with Gasteiger partial charge in [-0.25, -0.2) is 26.0 Å². The molecule has 0 bridgehead atoms. The number of carbonyl (C=O) groups is 1. The highest BCUT2D eigenvalue weighted by molar-refractivity contribution is 9.10. The number of ether oxygens (including phenoxy) is 1. The number of alkyl halides is 1. The molecule has 0 radical (unpaired) electrons. The predicted molar refractivity (Wildman–Crippen MR) is 129 cm³/mol. The van der Waals surface area contributed by atoms with Gasteiger partial charge in [0.05, 0.1) is 22.8 Å². The van der Waals surface area contributed by atoms with Crippen molar-refractivity contribution in [1.29, 1.82) is 0 Å². The highest BCUT2D eigenvalue weighted by Gasteiger charge is 2.64. The summed E-state index contributed by atoms with van der Waals surface area (Å²) in [4.78, 5) is 11.4. The Labute approximate surface area is 206 Å². The molecule has 0 aliphatic rings. The summed E-state index contributed by atoms with van der Waals surface area (Å²) >= 11 is 3.23. The van der Waals surface area contributed by atoms with Gasteiger partial charge in [0.25, 0.3) is 0 Å². The zero-order valence-electron chi connectivity index (χ0n) is 17.9. The van der Waals surface area contributed by atoms with Gasteiger partial charge in [-0.05, 0) is 35.9 Å². The Bertz CT molecular complexity index is 1350. The van der Waals surface area contributed by atoms with Crippen molar-refractivity contribution in [2.75, 3.05) is 7.11 Å². The number of methoxy groups -OCH3 is 1. The van der Waals surface area contributed by atoms with E-state index in [0.717, 1.165) is 31.4 Å². The molecule has 0 amide bonds. The van der Waals surface area contributed by atoms with Crippen LogP contribution in [0.15, 0.2) is 111 Å². The van der Waals surface area contributed by atoms with E-state index < -0.39 is 51.3 Å². The zero-order chi connectivity index (χ0) is 25.1. The fraction of sp³-hybridized carbons (Fsp3) is 0.125. The number of esters is 1. The molecule has 3 rings (SSSR count). The molecule has 34 heavy (non-hydrogen) atoms. The van der Waals surface area contributed by atoms with Crippen LogP contribution in [0.2, 0.25) is 0 Å². The van der Waals surface area contributed by atoms with Crippen LogP contribution in [0.3, 0.4) is 0 Å². The molecule has 0 saturated carbocycles. The summed E-state index contributed by atoms with van der Waals surface area (Å²) in [6, 6.07) is 18.5. The molecule has 0 unspecified atom stereocenters. The molecule has 0 spiro atoms. The van der Waals surface area contributed by atoms with E-state index in [9.17, 15) is 21.6 Å². The maximum Gasteiger partial charge on any atom is 0.333 e. The molecule has 3 aromatic rings. The molecule has 0 fully saturated rings. The molecule has 0 saturated heterocycles. The van der Waals surface area contributed by atoms with Crippen molar-refractivity contribution in [3.05, 3.63) is 107 Å². The molecular weight excluding hydrogens is 547 g/mol. The third-order valence-electron chi connectivity index (χ3n) is 5.20. The van der Waals surface area contributed by atoms with E-state index >= 15 is 4.39 Å². The standard InChI is InChI=1S/C24H20BrFO6S2/c1-17(23(27)32-2)22(20-15-9-10-16-21(20)25)24(26,33(28,29)18-11-5-3-6-12-18)34(30,31)19-13-7-4-8-14-19/h3-16,22H,1H2,2H3/t22-/m0/s1. The maximum atomic E-state index is 17.5. The van der Waals surface area contributed by atoms with Crippen molar-refractivity contribution in [2.45, 2.75) is 20.0 Å². The van der Waals surface area contributed by atoms with Gasteiger partial charge in [0, 0.05) is 10.0 Å². The molecule has 3 aromatic carbocycles. The topological polar surface area (TPSA) is 94.6 Å². The van der Waals surface area contributed by atoms with Crippen LogP contribution in [0.5, 0.6) is 0 Å². The molecule has 1 atom stereocenters. The minimum absolute atomic E-state index is 0.112. The fourth-order valence-electron chi connectivity index (χ4n) is 3.52. The Morgan fingerprint density at radius 2 is 1.26 bits per heavy atom. The third-order valence-corrected chi connectivity index (χ3v) is 11.0. The van der Waals surface area contributed by atoms with Gasteiger partial charge < -0.3 is 4.74 Å². The van der Waals surface area contributed by atoms with Crippen molar-refractivity contribution in [3.63, 3.8) is 0 Å². The molecule has 0 N–H and O–H groups in total. The van der Waals surface area contributed by atoms with E-state index in [1.165, 1.54) is 54.6 Å². The number of rotatable bonds is 8. The Kier molecular flexibility index (Phi) is 7.44. The van der Waals surface area contributed by atoms with Gasteiger partial charge in [-0.1, -0.05) is 77.1 Å². The Balaban J connectivity index is 2.50. The second-order valence-corrected chi connectivity index (χ2v) is 12.4. The maximum absolute atomic E-state index is 17.5. The van der Waals surface area contributed by atoms with E-state index in [1.807, 2.05) is 0 Å². The van der Waals surface area contributed by atoms with Crippen molar-refractivity contribution in [3.8, 4) is 0 Å². The smallest absolute Gasteiger partial charge is 0.333 e. The first kappa shape index (κ1) is 25.8. The normalized spacial score (nSPS) is 13.1. The first-order valence-electron chi connectivity index (χ1n) is 9.80. The molecule has 6 nitrogen and oxygen atoms in total. The Morgan fingerprint density at radius 1 is 0.853 bits per heavy atom. The summed E-state index contributed by atoms with van der Waals surface area (Å²) in [6.45, 7) is 3.56. The van der Waals surface area contributed by atoms with Gasteiger partial charge in [-0.15, -0.1) is 0 Å². The van der Waals surface area contributed by atoms with Crippen LogP contribution in [0.25, 0.3) is 0 Å². The Morgan fingerprint density at radius 3 is 1.68 bits per heavy atom. The molecule has 0 aliphatic carbocycles. The number of hydrogen-bond acceptors (Lipinski definition) is 6. The lowest BCUT2D eigenvalue weighted by atomic mass is 9.92. The van der Waals surface area contributed by atoms with E-state index in [0.29, 0.717) is 0 Å². The summed E-state index contributed by atoms with van der Waals surface area (Å²) < 4.78 is 73.7. The molecule has 10 heteroatoms. The van der Waals surface area contributed by atoms with Crippen LogP contribution in [0.4, 0.5) is 4.39 Å². The lowest BCUT2D eigenvalue weighted by Gasteiger charge is -2.34. The number of carbonyl (C=O) groups excluding carboxylic acids is 1. The van der Waals surface area contributed by atoms with Gasteiger partial charge in [-0.2, -0.15) is 0 Å². The van der Waals surface area contributed by atoms with Crippen molar-refractivity contribution < 1.29 is 30.8 Å².